The highest BCUT2D eigenvalue weighted by molar-refractivity contribution is 6.74. The molecule has 0 fully saturated rings. The second-order valence-corrected chi connectivity index (χ2v) is 14.8. The zero-order chi connectivity index (χ0) is 19.8. The Kier molecular flexibility index (Phi) is 6.15. The smallest absolute Gasteiger partial charge is 0.191 e. The third-order valence-electron chi connectivity index (χ3n) is 5.20. The van der Waals surface area contributed by atoms with Crippen molar-refractivity contribution in [1.29, 1.82) is 0 Å². The molecule has 2 heterocycles. The number of rotatable bonds is 5. The number of hydrogen-bond donors (Lipinski definition) is 1. The first-order valence-corrected chi connectivity index (χ1v) is 12.7. The Balaban J connectivity index is 2.06. The fourth-order valence-corrected chi connectivity index (χ4v) is 3.89. The molecule has 6 heteroatoms. The summed E-state index contributed by atoms with van der Waals surface area (Å²) in [6.07, 6.45) is 6.94. The normalized spacial score (nSPS) is 18.4. The predicted octanol–water partition coefficient (Wildman–Crippen LogP) is 5.57. The molecule has 2 aliphatic heterocycles. The first-order valence-electron chi connectivity index (χ1n) is 9.37. The van der Waals surface area contributed by atoms with E-state index in [9.17, 15) is 0 Å². The molecule has 146 valence electrons. The minimum absolute atomic E-state index is 0.0336. The molecule has 0 aliphatic carbocycles. The number of amidine groups is 1. The summed E-state index contributed by atoms with van der Waals surface area (Å²) in [5.41, 5.74) is 1.95. The lowest BCUT2D eigenvalue weighted by molar-refractivity contribution is 0.270. The van der Waals surface area contributed by atoms with E-state index in [1.54, 1.807) is 0 Å². The van der Waals surface area contributed by atoms with Crippen molar-refractivity contribution in [2.24, 2.45) is 10.4 Å². The molecule has 26 heavy (non-hydrogen) atoms. The Morgan fingerprint density at radius 3 is 2.42 bits per heavy atom. The van der Waals surface area contributed by atoms with E-state index < -0.39 is 8.32 Å². The van der Waals surface area contributed by atoms with E-state index in [-0.39, 0.29) is 10.5 Å². The average molecular weight is 396 g/mol. The van der Waals surface area contributed by atoms with Gasteiger partial charge in [-0.1, -0.05) is 53.1 Å². The van der Waals surface area contributed by atoms with E-state index in [0.29, 0.717) is 5.16 Å². The molecule has 0 radical (unpaired) electrons. The van der Waals surface area contributed by atoms with Gasteiger partial charge < -0.3 is 14.6 Å². The number of nitrogens with one attached hydrogen (secondary N) is 1. The molecule has 0 aromatic rings. The molecule has 0 aromatic heterocycles. The number of dihydropyridines is 1. The Morgan fingerprint density at radius 2 is 1.85 bits per heavy atom. The van der Waals surface area contributed by atoms with Crippen molar-refractivity contribution in [3.8, 4) is 0 Å². The predicted molar refractivity (Wildman–Crippen MR) is 115 cm³/mol. The van der Waals surface area contributed by atoms with Crippen molar-refractivity contribution in [3.63, 3.8) is 0 Å². The number of nitrogens with zero attached hydrogens (tertiary/aromatic N) is 2. The highest BCUT2D eigenvalue weighted by atomic mass is 35.5. The fourth-order valence-electron chi connectivity index (χ4n) is 2.63. The third kappa shape index (κ3) is 5.02. The maximum Gasteiger partial charge on any atom is 0.191 e. The van der Waals surface area contributed by atoms with E-state index in [0.717, 1.165) is 36.7 Å². The van der Waals surface area contributed by atoms with Gasteiger partial charge >= 0.3 is 0 Å². The SMILES string of the molecule is CC(C)(C)C1=NC2=CNC(Cl)=CC2=CN1CCCO[Si](C)(C)C(C)(C)C. The standard InChI is InChI=1S/C20H34ClN3OSi/c1-19(2,3)18-23-16-13-22-17(21)12-15(16)14-24(18)10-9-11-25-26(7,8)20(4,5)6/h12-14,22H,9-11H2,1-8H3. The van der Waals surface area contributed by atoms with Gasteiger partial charge in [0.1, 0.15) is 11.0 Å². The van der Waals surface area contributed by atoms with Gasteiger partial charge in [0.25, 0.3) is 0 Å². The molecule has 2 rings (SSSR count). The van der Waals surface area contributed by atoms with E-state index >= 15 is 0 Å². The Labute approximate surface area is 165 Å². The van der Waals surface area contributed by atoms with Crippen molar-refractivity contribution >= 4 is 25.8 Å². The van der Waals surface area contributed by atoms with Gasteiger partial charge in [-0.2, -0.15) is 0 Å². The summed E-state index contributed by atoms with van der Waals surface area (Å²) < 4.78 is 6.33. The van der Waals surface area contributed by atoms with Crippen molar-refractivity contribution in [2.45, 2.75) is 66.1 Å². The number of hydrogen-bond acceptors (Lipinski definition) is 4. The summed E-state index contributed by atoms with van der Waals surface area (Å²) in [4.78, 5) is 7.15. The molecule has 0 atom stereocenters. The van der Waals surface area contributed by atoms with Crippen LogP contribution in [-0.2, 0) is 4.43 Å². The Bertz CT molecular complexity index is 664. The lowest BCUT2D eigenvalue weighted by atomic mass is 9.92. The van der Waals surface area contributed by atoms with Crippen LogP contribution in [0.15, 0.2) is 39.9 Å². The first kappa shape index (κ1) is 21.3. The molecule has 2 aliphatic rings. The van der Waals surface area contributed by atoms with E-state index in [2.05, 4.69) is 71.1 Å². The number of aliphatic imine (C=N–C) groups is 1. The van der Waals surface area contributed by atoms with Gasteiger partial charge in [0.2, 0.25) is 0 Å². The number of halogens is 1. The molecule has 0 spiro atoms. The van der Waals surface area contributed by atoms with Gasteiger partial charge in [0.15, 0.2) is 8.32 Å². The topological polar surface area (TPSA) is 36.9 Å². The largest absolute Gasteiger partial charge is 0.417 e. The van der Waals surface area contributed by atoms with Gasteiger partial charge in [-0.05, 0) is 30.6 Å². The monoisotopic (exact) mass is 395 g/mol. The lowest BCUT2D eigenvalue weighted by Crippen LogP contribution is -2.42. The molecule has 0 amide bonds. The second-order valence-electron chi connectivity index (χ2n) is 9.59. The van der Waals surface area contributed by atoms with Crippen molar-refractivity contribution in [1.82, 2.24) is 10.2 Å². The van der Waals surface area contributed by atoms with Crippen LogP contribution in [0.25, 0.3) is 0 Å². The average Bonchev–Trinajstić information content (AvgIpc) is 2.48. The lowest BCUT2D eigenvalue weighted by Gasteiger charge is -2.37. The molecule has 1 N–H and O–H groups in total. The Hall–Kier alpha value is -1.04. The van der Waals surface area contributed by atoms with Crippen LogP contribution in [0.4, 0.5) is 0 Å². The summed E-state index contributed by atoms with van der Waals surface area (Å²) >= 11 is 6.11. The van der Waals surface area contributed by atoms with Crippen LogP contribution >= 0.6 is 11.6 Å². The summed E-state index contributed by atoms with van der Waals surface area (Å²) in [5, 5.41) is 3.90. The summed E-state index contributed by atoms with van der Waals surface area (Å²) in [7, 11) is -1.69. The van der Waals surface area contributed by atoms with Gasteiger partial charge in [-0.25, -0.2) is 4.99 Å². The van der Waals surface area contributed by atoms with Gasteiger partial charge in [-0.3, -0.25) is 0 Å². The van der Waals surface area contributed by atoms with Crippen molar-refractivity contribution < 1.29 is 4.43 Å². The van der Waals surface area contributed by atoms with Crippen molar-refractivity contribution in [2.75, 3.05) is 13.2 Å². The molecule has 0 unspecified atom stereocenters. The quantitative estimate of drug-likeness (QED) is 0.375. The number of allylic oxidation sites excluding steroid dienone is 1. The molecule has 0 saturated carbocycles. The van der Waals surface area contributed by atoms with E-state index in [1.807, 2.05) is 12.3 Å². The maximum absolute atomic E-state index is 6.33. The third-order valence-corrected chi connectivity index (χ3v) is 9.96. The van der Waals surface area contributed by atoms with Crippen LogP contribution in [0.5, 0.6) is 0 Å². The highest BCUT2D eigenvalue weighted by Crippen LogP contribution is 2.36. The minimum atomic E-state index is -1.69. The van der Waals surface area contributed by atoms with Gasteiger partial charge in [-0.15, -0.1) is 0 Å². The number of fused-ring (bicyclic) bond motifs is 1. The van der Waals surface area contributed by atoms with Crippen LogP contribution in [-0.4, -0.2) is 32.2 Å². The summed E-state index contributed by atoms with van der Waals surface area (Å²) in [5.74, 6) is 1.08. The first-order chi connectivity index (χ1) is 11.8. The van der Waals surface area contributed by atoms with Crippen LogP contribution in [0.3, 0.4) is 0 Å². The zero-order valence-electron chi connectivity index (χ0n) is 17.5. The van der Waals surface area contributed by atoms with Crippen LogP contribution in [0, 0.1) is 5.41 Å². The second kappa shape index (κ2) is 7.53. The van der Waals surface area contributed by atoms with Gasteiger partial charge in [0, 0.05) is 36.5 Å². The summed E-state index contributed by atoms with van der Waals surface area (Å²) in [6, 6.07) is 0. The van der Waals surface area contributed by atoms with Crippen LogP contribution in [0.1, 0.15) is 48.0 Å². The van der Waals surface area contributed by atoms with Gasteiger partial charge in [0.05, 0.1) is 5.70 Å². The van der Waals surface area contributed by atoms with E-state index in [4.69, 9.17) is 21.0 Å². The molecule has 0 saturated heterocycles. The molecular formula is C20H34ClN3OSi. The van der Waals surface area contributed by atoms with Crippen LogP contribution < -0.4 is 5.32 Å². The summed E-state index contributed by atoms with van der Waals surface area (Å²) in [6.45, 7) is 19.7. The van der Waals surface area contributed by atoms with Crippen LogP contribution in [0.2, 0.25) is 18.1 Å². The molecule has 0 bridgehead atoms. The fraction of sp³-hybridized carbons (Fsp3) is 0.650. The Morgan fingerprint density at radius 1 is 1.19 bits per heavy atom. The molecule has 4 nitrogen and oxygen atoms in total. The molecule has 0 aromatic carbocycles. The maximum atomic E-state index is 6.33. The van der Waals surface area contributed by atoms with Crippen molar-refractivity contribution in [3.05, 3.63) is 34.9 Å². The van der Waals surface area contributed by atoms with E-state index in [1.165, 1.54) is 0 Å². The molecular weight excluding hydrogens is 362 g/mol. The highest BCUT2D eigenvalue weighted by Gasteiger charge is 2.37. The minimum Gasteiger partial charge on any atom is -0.417 e. The zero-order valence-corrected chi connectivity index (χ0v) is 19.3.